The van der Waals surface area contributed by atoms with Crippen LogP contribution in [0.2, 0.25) is 0 Å². The van der Waals surface area contributed by atoms with Gasteiger partial charge in [-0.2, -0.15) is 0 Å². The van der Waals surface area contributed by atoms with Gasteiger partial charge in [-0.3, -0.25) is 0 Å². The monoisotopic (exact) mass is 330 g/mol. The van der Waals surface area contributed by atoms with E-state index < -0.39 is 0 Å². The second-order valence-corrected chi connectivity index (χ2v) is 11.9. The summed E-state index contributed by atoms with van der Waals surface area (Å²) < 4.78 is 0. The van der Waals surface area contributed by atoms with E-state index in [9.17, 15) is 0 Å². The Labute approximate surface area is 151 Å². The Morgan fingerprint density at radius 2 is 1.54 bits per heavy atom. The number of rotatable bonds is 0. The molecule has 4 aliphatic rings. The van der Waals surface area contributed by atoms with Gasteiger partial charge in [0.2, 0.25) is 0 Å². The summed E-state index contributed by atoms with van der Waals surface area (Å²) in [6.45, 7) is 18.3. The van der Waals surface area contributed by atoms with Crippen LogP contribution in [0.25, 0.3) is 0 Å². The fourth-order valence-corrected chi connectivity index (χ4v) is 8.94. The Morgan fingerprint density at radius 3 is 2.25 bits per heavy atom. The maximum atomic E-state index is 2.73. The lowest BCUT2D eigenvalue weighted by Gasteiger charge is -2.64. The van der Waals surface area contributed by atoms with Gasteiger partial charge in [0.25, 0.3) is 0 Å². The maximum Gasteiger partial charge on any atom is -0.0238 e. The molecule has 4 saturated carbocycles. The molecule has 4 rings (SSSR count). The topological polar surface area (TPSA) is 0 Å². The van der Waals surface area contributed by atoms with Crippen LogP contribution in [0.15, 0.2) is 0 Å². The molecule has 0 heterocycles. The molecule has 0 nitrogen and oxygen atoms in total. The molecule has 4 aliphatic carbocycles. The van der Waals surface area contributed by atoms with Crippen LogP contribution >= 0.6 is 0 Å². The predicted octanol–water partition coefficient (Wildman–Crippen LogP) is 7.18. The van der Waals surface area contributed by atoms with E-state index in [2.05, 4.69) is 48.5 Å². The number of hydrogen-bond acceptors (Lipinski definition) is 0. The Balaban J connectivity index is 1.70. The van der Waals surface area contributed by atoms with Gasteiger partial charge in [0.05, 0.1) is 0 Å². The summed E-state index contributed by atoms with van der Waals surface area (Å²) in [4.78, 5) is 0. The highest BCUT2D eigenvalue weighted by molar-refractivity contribution is 5.14. The van der Waals surface area contributed by atoms with Crippen molar-refractivity contribution in [3.63, 3.8) is 0 Å². The normalized spacial score (nSPS) is 59.4. The van der Waals surface area contributed by atoms with Crippen molar-refractivity contribution in [2.45, 2.75) is 93.4 Å². The average Bonchev–Trinajstić information content (AvgIpc) is 2.67. The minimum absolute atomic E-state index is 0.524. The van der Waals surface area contributed by atoms with Gasteiger partial charge < -0.3 is 0 Å². The van der Waals surface area contributed by atoms with E-state index in [0.717, 1.165) is 41.4 Å². The lowest BCUT2D eigenvalue weighted by molar-refractivity contribution is -0.152. The van der Waals surface area contributed by atoms with Gasteiger partial charge in [-0.1, -0.05) is 54.9 Å². The molecular formula is C24H42. The van der Waals surface area contributed by atoms with E-state index in [0.29, 0.717) is 16.2 Å². The van der Waals surface area contributed by atoms with Crippen molar-refractivity contribution < 1.29 is 0 Å². The summed E-state index contributed by atoms with van der Waals surface area (Å²) in [6, 6.07) is 0. The van der Waals surface area contributed by atoms with Crippen LogP contribution in [0.5, 0.6) is 0 Å². The molecule has 24 heavy (non-hydrogen) atoms. The molecule has 0 radical (unpaired) electrons. The molecule has 0 aromatic rings. The first kappa shape index (κ1) is 17.4. The maximum absolute atomic E-state index is 2.73. The average molecular weight is 331 g/mol. The Kier molecular flexibility index (Phi) is 3.82. The quantitative estimate of drug-likeness (QED) is 0.441. The molecular weight excluding hydrogens is 288 g/mol. The third kappa shape index (κ3) is 2.04. The van der Waals surface area contributed by atoms with Crippen LogP contribution in [0.4, 0.5) is 0 Å². The van der Waals surface area contributed by atoms with E-state index in [1.165, 1.54) is 38.5 Å². The molecule has 0 aliphatic heterocycles. The molecule has 0 spiro atoms. The first-order chi connectivity index (χ1) is 11.1. The summed E-state index contributed by atoms with van der Waals surface area (Å²) in [7, 11) is 0. The zero-order valence-corrected chi connectivity index (χ0v) is 17.5. The highest BCUT2D eigenvalue weighted by Gasteiger charge is 2.65. The minimum Gasteiger partial charge on any atom is -0.0625 e. The summed E-state index contributed by atoms with van der Waals surface area (Å²) in [5.74, 6) is 6.88. The van der Waals surface area contributed by atoms with Crippen molar-refractivity contribution in [3.05, 3.63) is 0 Å². The molecule has 0 saturated heterocycles. The van der Waals surface area contributed by atoms with Crippen molar-refractivity contribution >= 4 is 0 Å². The molecule has 0 N–H and O–H groups in total. The zero-order chi connectivity index (χ0) is 17.5. The summed E-state index contributed by atoms with van der Waals surface area (Å²) in [5, 5.41) is 0. The number of fused-ring (bicyclic) bond motifs is 5. The van der Waals surface area contributed by atoms with Crippen molar-refractivity contribution in [1.29, 1.82) is 0 Å². The molecule has 6 unspecified atom stereocenters. The molecule has 4 fully saturated rings. The van der Waals surface area contributed by atoms with Crippen LogP contribution < -0.4 is 0 Å². The molecule has 0 heteroatoms. The lowest BCUT2D eigenvalue weighted by Crippen LogP contribution is -2.57. The lowest BCUT2D eigenvalue weighted by atomic mass is 9.41. The zero-order valence-electron chi connectivity index (χ0n) is 17.5. The molecule has 0 amide bonds. The van der Waals surface area contributed by atoms with Crippen molar-refractivity contribution in [2.24, 2.45) is 57.7 Å². The summed E-state index contributed by atoms with van der Waals surface area (Å²) >= 11 is 0. The van der Waals surface area contributed by atoms with Gasteiger partial charge in [0.1, 0.15) is 0 Å². The van der Waals surface area contributed by atoms with Gasteiger partial charge in [-0.15, -0.1) is 0 Å². The second kappa shape index (κ2) is 5.26. The van der Waals surface area contributed by atoms with Gasteiger partial charge >= 0.3 is 0 Å². The van der Waals surface area contributed by atoms with Crippen LogP contribution in [-0.4, -0.2) is 0 Å². The Hall–Kier alpha value is 0. The van der Waals surface area contributed by atoms with E-state index in [4.69, 9.17) is 0 Å². The third-order valence-electron chi connectivity index (χ3n) is 10.9. The van der Waals surface area contributed by atoms with Crippen molar-refractivity contribution in [1.82, 2.24) is 0 Å². The van der Waals surface area contributed by atoms with Gasteiger partial charge in [-0.25, -0.2) is 0 Å². The molecule has 0 aromatic carbocycles. The second-order valence-electron chi connectivity index (χ2n) is 11.9. The summed E-state index contributed by atoms with van der Waals surface area (Å²) in [5.41, 5.74) is 1.76. The van der Waals surface area contributed by atoms with Crippen molar-refractivity contribution in [2.75, 3.05) is 0 Å². The molecule has 9 atom stereocenters. The highest BCUT2D eigenvalue weighted by atomic mass is 14.7. The molecule has 0 aromatic heterocycles. The van der Waals surface area contributed by atoms with Gasteiger partial charge in [0, 0.05) is 0 Å². The minimum atomic E-state index is 0.524. The van der Waals surface area contributed by atoms with E-state index in [1.807, 2.05) is 0 Å². The van der Waals surface area contributed by atoms with Crippen LogP contribution in [0, 0.1) is 57.7 Å². The third-order valence-corrected chi connectivity index (χ3v) is 10.9. The van der Waals surface area contributed by atoms with Gasteiger partial charge in [0.15, 0.2) is 0 Å². The van der Waals surface area contributed by atoms with Crippen LogP contribution in [0.1, 0.15) is 93.4 Å². The first-order valence-corrected chi connectivity index (χ1v) is 11.1. The van der Waals surface area contributed by atoms with Crippen molar-refractivity contribution in [3.8, 4) is 0 Å². The summed E-state index contributed by atoms with van der Waals surface area (Å²) in [6.07, 6.45) is 10.6. The smallest absolute Gasteiger partial charge is 0.0238 e. The van der Waals surface area contributed by atoms with E-state index in [-0.39, 0.29) is 0 Å². The number of hydrogen-bond donors (Lipinski definition) is 0. The Bertz CT molecular complexity index is 504. The van der Waals surface area contributed by atoms with Gasteiger partial charge in [-0.05, 0) is 96.2 Å². The SMILES string of the molecule is CC1CC[C@@]2(C)C(CCC3C2[C@@H](C)C[C@@]2(C)C3CC(C)C2(C)C)C1. The largest absolute Gasteiger partial charge is 0.0625 e. The predicted molar refractivity (Wildman–Crippen MR) is 104 cm³/mol. The standard InChI is InChI=1S/C24H42/c1-15-10-11-23(6)18(12-15)8-9-19-20-13-17(3)22(4,5)24(20,7)14-16(2)21(19)23/h15-21H,8-14H2,1-7H3/t15?,16-,17?,18?,19?,20?,21?,23-,24-/m0/s1. The van der Waals surface area contributed by atoms with E-state index in [1.54, 1.807) is 6.42 Å². The molecule has 0 bridgehead atoms. The van der Waals surface area contributed by atoms with Crippen LogP contribution in [-0.2, 0) is 0 Å². The fourth-order valence-electron chi connectivity index (χ4n) is 8.94. The Morgan fingerprint density at radius 1 is 0.833 bits per heavy atom. The fraction of sp³-hybridized carbons (Fsp3) is 1.00. The molecule has 138 valence electrons. The first-order valence-electron chi connectivity index (χ1n) is 11.1. The van der Waals surface area contributed by atoms with Crippen LogP contribution in [0.3, 0.4) is 0 Å². The highest BCUT2D eigenvalue weighted by Crippen LogP contribution is 2.72. The van der Waals surface area contributed by atoms with E-state index >= 15 is 0 Å².